The van der Waals surface area contributed by atoms with E-state index in [1.165, 1.54) is 6.07 Å². The van der Waals surface area contributed by atoms with Crippen LogP contribution in [0, 0.1) is 13.8 Å². The fourth-order valence-corrected chi connectivity index (χ4v) is 2.50. The van der Waals surface area contributed by atoms with Gasteiger partial charge in [0.05, 0.1) is 5.56 Å². The average molecular weight is 358 g/mol. The molecule has 2 aromatic carbocycles. The molecule has 0 unspecified atom stereocenters. The fraction of sp³-hybridized carbons (Fsp3) is 0.250. The summed E-state index contributed by atoms with van der Waals surface area (Å²) in [6, 6.07) is 10.0. The van der Waals surface area contributed by atoms with Gasteiger partial charge in [0.15, 0.2) is 0 Å². The Labute approximate surface area is 130 Å². The zero-order valence-electron chi connectivity index (χ0n) is 11.7. The van der Waals surface area contributed by atoms with Gasteiger partial charge in [-0.05, 0) is 43.2 Å². The molecule has 0 spiro atoms. The van der Waals surface area contributed by atoms with Crippen LogP contribution >= 0.6 is 15.9 Å². The van der Waals surface area contributed by atoms with Crippen molar-refractivity contribution in [3.63, 3.8) is 0 Å². The third-order valence-corrected chi connectivity index (χ3v) is 3.75. The quantitative estimate of drug-likeness (QED) is 0.743. The van der Waals surface area contributed by atoms with Gasteiger partial charge in [-0.1, -0.05) is 39.7 Å². The SMILES string of the molecule is Cc1ccc(CNc2ccc(Br)cc2C(F)(F)F)c(C)c1. The van der Waals surface area contributed by atoms with Crippen molar-refractivity contribution in [3.8, 4) is 0 Å². The average Bonchev–Trinajstić information content (AvgIpc) is 2.38. The minimum atomic E-state index is -4.38. The van der Waals surface area contributed by atoms with Gasteiger partial charge in [-0.25, -0.2) is 0 Å². The Morgan fingerprint density at radius 2 is 1.76 bits per heavy atom. The highest BCUT2D eigenvalue weighted by atomic mass is 79.9. The molecule has 0 aliphatic heterocycles. The van der Waals surface area contributed by atoms with Gasteiger partial charge in [0.25, 0.3) is 0 Å². The van der Waals surface area contributed by atoms with Gasteiger partial charge in [-0.3, -0.25) is 0 Å². The molecular formula is C16H15BrF3N. The van der Waals surface area contributed by atoms with E-state index in [1.807, 2.05) is 32.0 Å². The lowest BCUT2D eigenvalue weighted by Crippen LogP contribution is -2.11. The van der Waals surface area contributed by atoms with Gasteiger partial charge in [-0.15, -0.1) is 0 Å². The van der Waals surface area contributed by atoms with Crippen molar-refractivity contribution in [2.75, 3.05) is 5.32 Å². The number of aryl methyl sites for hydroxylation is 2. The number of hydrogen-bond donors (Lipinski definition) is 1. The lowest BCUT2D eigenvalue weighted by atomic mass is 10.1. The van der Waals surface area contributed by atoms with E-state index < -0.39 is 11.7 Å². The van der Waals surface area contributed by atoms with Crippen molar-refractivity contribution in [1.29, 1.82) is 0 Å². The number of nitrogens with one attached hydrogen (secondary N) is 1. The Morgan fingerprint density at radius 3 is 2.38 bits per heavy atom. The molecule has 1 N–H and O–H groups in total. The Hall–Kier alpha value is -1.49. The number of benzene rings is 2. The molecule has 0 saturated carbocycles. The largest absolute Gasteiger partial charge is 0.418 e. The third kappa shape index (κ3) is 4.00. The van der Waals surface area contributed by atoms with E-state index in [1.54, 1.807) is 6.07 Å². The summed E-state index contributed by atoms with van der Waals surface area (Å²) in [6.45, 7) is 4.30. The van der Waals surface area contributed by atoms with Gasteiger partial charge in [-0.2, -0.15) is 13.2 Å². The molecule has 2 rings (SSSR count). The second-order valence-electron chi connectivity index (χ2n) is 4.97. The first kappa shape index (κ1) is 15.9. The summed E-state index contributed by atoms with van der Waals surface area (Å²) >= 11 is 3.08. The number of rotatable bonds is 3. The van der Waals surface area contributed by atoms with Crippen LogP contribution in [0.25, 0.3) is 0 Å². The molecule has 0 aromatic heterocycles. The van der Waals surface area contributed by atoms with Gasteiger partial charge in [0.2, 0.25) is 0 Å². The second kappa shape index (κ2) is 6.10. The first-order chi connectivity index (χ1) is 9.77. The maximum absolute atomic E-state index is 13.0. The topological polar surface area (TPSA) is 12.0 Å². The molecule has 0 fully saturated rings. The monoisotopic (exact) mass is 357 g/mol. The maximum atomic E-state index is 13.0. The van der Waals surface area contributed by atoms with E-state index in [0.29, 0.717) is 11.0 Å². The summed E-state index contributed by atoms with van der Waals surface area (Å²) in [5.41, 5.74) is 2.60. The van der Waals surface area contributed by atoms with Crippen LogP contribution in [-0.4, -0.2) is 0 Å². The lowest BCUT2D eigenvalue weighted by Gasteiger charge is -2.16. The molecule has 21 heavy (non-hydrogen) atoms. The van der Waals surface area contributed by atoms with E-state index in [-0.39, 0.29) is 5.69 Å². The van der Waals surface area contributed by atoms with Crippen LogP contribution in [0.3, 0.4) is 0 Å². The number of alkyl halides is 3. The van der Waals surface area contributed by atoms with Crippen LogP contribution in [0.2, 0.25) is 0 Å². The van der Waals surface area contributed by atoms with Crippen LogP contribution < -0.4 is 5.32 Å². The molecule has 0 heterocycles. The zero-order chi connectivity index (χ0) is 15.6. The smallest absolute Gasteiger partial charge is 0.380 e. The standard InChI is InChI=1S/C16H15BrF3N/c1-10-3-4-12(11(2)7-10)9-21-15-6-5-13(17)8-14(15)16(18,19)20/h3-8,21H,9H2,1-2H3. The second-order valence-corrected chi connectivity index (χ2v) is 5.89. The summed E-state index contributed by atoms with van der Waals surface area (Å²) in [5, 5.41) is 2.88. The lowest BCUT2D eigenvalue weighted by molar-refractivity contribution is -0.137. The predicted octanol–water partition coefficient (Wildman–Crippen LogP) is 5.70. The number of anilines is 1. The first-order valence-electron chi connectivity index (χ1n) is 6.44. The Bertz CT molecular complexity index is 650. The van der Waals surface area contributed by atoms with Crippen LogP contribution in [0.4, 0.5) is 18.9 Å². The Balaban J connectivity index is 2.24. The van der Waals surface area contributed by atoms with Crippen LogP contribution in [0.5, 0.6) is 0 Å². The Morgan fingerprint density at radius 1 is 1.05 bits per heavy atom. The van der Waals surface area contributed by atoms with Gasteiger partial charge < -0.3 is 5.32 Å². The first-order valence-corrected chi connectivity index (χ1v) is 7.23. The van der Waals surface area contributed by atoms with E-state index in [4.69, 9.17) is 0 Å². The summed E-state index contributed by atoms with van der Waals surface area (Å²) < 4.78 is 39.5. The van der Waals surface area contributed by atoms with Crippen LogP contribution in [0.15, 0.2) is 40.9 Å². The van der Waals surface area contributed by atoms with Gasteiger partial charge in [0.1, 0.15) is 0 Å². The number of halogens is 4. The normalized spacial score (nSPS) is 11.5. The van der Waals surface area contributed by atoms with Crippen molar-refractivity contribution < 1.29 is 13.2 Å². The van der Waals surface area contributed by atoms with E-state index >= 15 is 0 Å². The highest BCUT2D eigenvalue weighted by Gasteiger charge is 2.33. The zero-order valence-corrected chi connectivity index (χ0v) is 13.3. The van der Waals surface area contributed by atoms with E-state index in [0.717, 1.165) is 22.8 Å². The highest BCUT2D eigenvalue weighted by molar-refractivity contribution is 9.10. The molecule has 0 bridgehead atoms. The molecular weight excluding hydrogens is 343 g/mol. The molecule has 0 aliphatic rings. The third-order valence-electron chi connectivity index (χ3n) is 3.25. The van der Waals surface area contributed by atoms with Crippen molar-refractivity contribution >= 4 is 21.6 Å². The summed E-state index contributed by atoms with van der Waals surface area (Å²) in [6.07, 6.45) is -4.38. The molecule has 2 aromatic rings. The van der Waals surface area contributed by atoms with Crippen molar-refractivity contribution in [3.05, 3.63) is 63.1 Å². The van der Waals surface area contributed by atoms with Crippen molar-refractivity contribution in [1.82, 2.24) is 0 Å². The van der Waals surface area contributed by atoms with Crippen molar-refractivity contribution in [2.45, 2.75) is 26.6 Å². The molecule has 112 valence electrons. The molecule has 5 heteroatoms. The molecule has 0 radical (unpaired) electrons. The minimum absolute atomic E-state index is 0.0886. The van der Waals surface area contributed by atoms with Crippen LogP contribution in [-0.2, 0) is 12.7 Å². The minimum Gasteiger partial charge on any atom is -0.380 e. The molecule has 0 saturated heterocycles. The molecule has 0 aliphatic carbocycles. The summed E-state index contributed by atoms with van der Waals surface area (Å²) in [5.74, 6) is 0. The number of hydrogen-bond acceptors (Lipinski definition) is 1. The summed E-state index contributed by atoms with van der Waals surface area (Å²) in [4.78, 5) is 0. The Kier molecular flexibility index (Phi) is 4.61. The predicted molar refractivity (Wildman–Crippen MR) is 82.4 cm³/mol. The van der Waals surface area contributed by atoms with E-state index in [2.05, 4.69) is 21.2 Å². The summed E-state index contributed by atoms with van der Waals surface area (Å²) in [7, 11) is 0. The van der Waals surface area contributed by atoms with E-state index in [9.17, 15) is 13.2 Å². The molecule has 0 amide bonds. The van der Waals surface area contributed by atoms with Gasteiger partial charge >= 0.3 is 6.18 Å². The van der Waals surface area contributed by atoms with Crippen LogP contribution in [0.1, 0.15) is 22.3 Å². The maximum Gasteiger partial charge on any atom is 0.418 e. The highest BCUT2D eigenvalue weighted by Crippen LogP contribution is 2.36. The fourth-order valence-electron chi connectivity index (χ4n) is 2.14. The molecule has 1 nitrogen and oxygen atoms in total. The van der Waals surface area contributed by atoms with Crippen molar-refractivity contribution in [2.24, 2.45) is 0 Å². The molecule has 0 atom stereocenters. The van der Waals surface area contributed by atoms with Gasteiger partial charge in [0, 0.05) is 16.7 Å².